The van der Waals surface area contributed by atoms with Crippen LogP contribution in [-0.4, -0.2) is 62.5 Å². The van der Waals surface area contributed by atoms with E-state index in [-0.39, 0.29) is 12.0 Å². The van der Waals surface area contributed by atoms with Crippen molar-refractivity contribution in [2.75, 3.05) is 47.5 Å². The van der Waals surface area contributed by atoms with Crippen molar-refractivity contribution in [3.8, 4) is 23.8 Å². The molecule has 0 spiro atoms. The molecule has 2 aromatic heterocycles. The lowest BCUT2D eigenvalue weighted by atomic mass is 10.5. The number of nitrogens with two attached hydrogens (primary N) is 2. The van der Waals surface area contributed by atoms with E-state index < -0.39 is 0 Å². The number of aromatic nitrogens is 4. The molecule has 0 aliphatic carbocycles. The van der Waals surface area contributed by atoms with E-state index in [9.17, 15) is 0 Å². The Hall–Kier alpha value is -2.67. The molecule has 0 aromatic carbocycles. The summed E-state index contributed by atoms with van der Waals surface area (Å²) in [5.41, 5.74) is 2.25. The van der Waals surface area contributed by atoms with Crippen LogP contribution in [0.5, 0.6) is 23.8 Å². The Morgan fingerprint density at radius 1 is 0.889 bits per heavy atom. The molecule has 0 aliphatic rings. The van der Waals surface area contributed by atoms with Crippen LogP contribution in [0.4, 0.5) is 5.82 Å². The summed E-state index contributed by atoms with van der Waals surface area (Å²) in [6, 6.07) is 3.55. The second-order valence-corrected chi connectivity index (χ2v) is 4.76. The number of halogens is 1. The van der Waals surface area contributed by atoms with Crippen LogP contribution in [0.3, 0.4) is 0 Å². The number of nitrogens with one attached hydrogen (secondary N) is 1. The average Bonchev–Trinajstić information content (AvgIpc) is 2.67. The molecule has 0 atom stereocenters. The average molecular weight is 405 g/mol. The van der Waals surface area contributed by atoms with Gasteiger partial charge in [0.05, 0.1) is 28.4 Å². The summed E-state index contributed by atoms with van der Waals surface area (Å²) in [7, 11) is 9.28. The van der Waals surface area contributed by atoms with Gasteiger partial charge in [-0.3, -0.25) is 16.3 Å². The lowest BCUT2D eigenvalue weighted by Gasteiger charge is -2.12. The molecule has 0 fully saturated rings. The number of rotatable bonds is 5. The molecule has 0 aliphatic heterocycles. The van der Waals surface area contributed by atoms with Gasteiger partial charge in [-0.25, -0.2) is 5.84 Å². The zero-order valence-corrected chi connectivity index (χ0v) is 16.8. The van der Waals surface area contributed by atoms with Crippen LogP contribution in [0.2, 0.25) is 5.15 Å². The predicted octanol–water partition coefficient (Wildman–Crippen LogP) is 0.0304. The van der Waals surface area contributed by atoms with E-state index >= 15 is 0 Å². The van der Waals surface area contributed by atoms with Gasteiger partial charge in [-0.2, -0.15) is 19.9 Å². The number of hydrogen-bond donors (Lipinski definition) is 3. The third kappa shape index (κ3) is 9.55. The third-order valence-electron chi connectivity index (χ3n) is 2.46. The minimum absolute atomic E-state index is 0.203. The van der Waals surface area contributed by atoms with Crippen LogP contribution in [0.15, 0.2) is 12.1 Å². The summed E-state index contributed by atoms with van der Waals surface area (Å²) >= 11 is 5.60. The first kappa shape index (κ1) is 24.3. The number of methoxy groups -OCH3 is 4. The first-order valence-corrected chi connectivity index (χ1v) is 7.68. The second kappa shape index (κ2) is 13.5. The van der Waals surface area contributed by atoms with E-state index in [2.05, 4.69) is 31.2 Å². The largest absolute Gasteiger partial charge is 0.481 e. The van der Waals surface area contributed by atoms with Crippen LogP contribution in [0.25, 0.3) is 0 Å². The number of nitrogens with zero attached hydrogens (tertiary/aromatic N) is 5. The molecule has 13 heteroatoms. The van der Waals surface area contributed by atoms with Gasteiger partial charge in [-0.05, 0) is 7.05 Å². The highest BCUT2D eigenvalue weighted by Crippen LogP contribution is 2.18. The first-order chi connectivity index (χ1) is 12.8. The number of ether oxygens (including phenoxy) is 4. The number of hydrazine groups is 2. The number of anilines is 1. The standard InChI is InChI=1S/C7H12N4O2.C6H7ClN2O2.CH6N2/c1-11(8)5-4-6(12-2)10-7(9-5)13-3;1-10-5-3-4(7)8-6(9-5)11-2;1-3-2/h4H,8H2,1-3H3;3H,1-2H3;3H,2H2,1H3. The molecule has 12 nitrogen and oxygen atoms in total. The molecule has 2 aromatic rings. The van der Waals surface area contributed by atoms with Gasteiger partial charge in [0.2, 0.25) is 11.8 Å². The second-order valence-electron chi connectivity index (χ2n) is 4.37. The maximum absolute atomic E-state index is 5.60. The van der Waals surface area contributed by atoms with Crippen LogP contribution in [-0.2, 0) is 0 Å². The Balaban J connectivity index is 0.000000442. The van der Waals surface area contributed by atoms with Gasteiger partial charge in [0.1, 0.15) is 5.15 Å². The monoisotopic (exact) mass is 404 g/mol. The lowest BCUT2D eigenvalue weighted by Crippen LogP contribution is -2.26. The fourth-order valence-corrected chi connectivity index (χ4v) is 1.51. The van der Waals surface area contributed by atoms with Gasteiger partial charge in [-0.1, -0.05) is 11.6 Å². The van der Waals surface area contributed by atoms with Crippen molar-refractivity contribution in [1.29, 1.82) is 0 Å². The molecule has 0 amide bonds. The molecule has 2 rings (SSSR count). The van der Waals surface area contributed by atoms with Crippen molar-refractivity contribution in [3.63, 3.8) is 0 Å². The van der Waals surface area contributed by atoms with Crippen LogP contribution in [0, 0.1) is 0 Å². The summed E-state index contributed by atoms with van der Waals surface area (Å²) in [6.45, 7) is 0. The van der Waals surface area contributed by atoms with Gasteiger partial charge in [0.25, 0.3) is 0 Å². The molecular formula is C14H25ClN8O4. The first-order valence-electron chi connectivity index (χ1n) is 7.30. The molecule has 27 heavy (non-hydrogen) atoms. The Morgan fingerprint density at radius 3 is 1.74 bits per heavy atom. The van der Waals surface area contributed by atoms with Crippen LogP contribution < -0.4 is 41.1 Å². The summed E-state index contributed by atoms with van der Waals surface area (Å²) in [6.07, 6.45) is 0. The molecule has 2 heterocycles. The molecule has 0 bridgehead atoms. The SMILES string of the molecule is CNN.COc1cc(Cl)nc(OC)n1.COc1cc(N(C)N)nc(OC)n1. The lowest BCUT2D eigenvalue weighted by molar-refractivity contribution is 0.352. The summed E-state index contributed by atoms with van der Waals surface area (Å²) in [5.74, 6) is 11.4. The summed E-state index contributed by atoms with van der Waals surface area (Å²) in [5, 5.41) is 1.65. The van der Waals surface area contributed by atoms with E-state index in [1.54, 1.807) is 20.2 Å². The summed E-state index contributed by atoms with van der Waals surface area (Å²) in [4.78, 5) is 15.5. The van der Waals surface area contributed by atoms with E-state index in [4.69, 9.17) is 36.4 Å². The molecular weight excluding hydrogens is 380 g/mol. The normalized spacial score (nSPS) is 9.07. The maximum Gasteiger partial charge on any atom is 0.321 e. The van der Waals surface area contributed by atoms with E-state index in [1.807, 2.05) is 0 Å². The van der Waals surface area contributed by atoms with E-state index in [1.165, 1.54) is 39.5 Å². The van der Waals surface area contributed by atoms with Crippen LogP contribution in [0.1, 0.15) is 0 Å². The Morgan fingerprint density at radius 2 is 1.33 bits per heavy atom. The highest BCUT2D eigenvalue weighted by atomic mass is 35.5. The van der Waals surface area contributed by atoms with Crippen LogP contribution >= 0.6 is 11.6 Å². The van der Waals surface area contributed by atoms with Gasteiger partial charge >= 0.3 is 12.0 Å². The molecule has 0 saturated carbocycles. The van der Waals surface area contributed by atoms with Gasteiger partial charge < -0.3 is 18.9 Å². The van der Waals surface area contributed by atoms with Gasteiger partial charge in [-0.15, -0.1) is 0 Å². The minimum atomic E-state index is 0.203. The van der Waals surface area contributed by atoms with E-state index in [0.717, 1.165) is 0 Å². The fourth-order valence-electron chi connectivity index (χ4n) is 1.34. The molecule has 152 valence electrons. The minimum Gasteiger partial charge on any atom is -0.481 e. The van der Waals surface area contributed by atoms with Crippen molar-refractivity contribution in [2.45, 2.75) is 0 Å². The quantitative estimate of drug-likeness (QED) is 0.349. The Kier molecular flexibility index (Phi) is 12.2. The molecule has 5 N–H and O–H groups in total. The van der Waals surface area contributed by atoms with Crippen molar-refractivity contribution in [3.05, 3.63) is 17.3 Å². The highest BCUT2D eigenvalue weighted by molar-refractivity contribution is 6.29. The third-order valence-corrected chi connectivity index (χ3v) is 2.66. The highest BCUT2D eigenvalue weighted by Gasteiger charge is 2.06. The van der Waals surface area contributed by atoms with Gasteiger partial charge in [0, 0.05) is 19.2 Å². The van der Waals surface area contributed by atoms with Crippen molar-refractivity contribution in [2.24, 2.45) is 11.7 Å². The van der Waals surface area contributed by atoms with Crippen molar-refractivity contribution < 1.29 is 18.9 Å². The van der Waals surface area contributed by atoms with E-state index in [0.29, 0.717) is 22.7 Å². The Labute approximate surface area is 162 Å². The van der Waals surface area contributed by atoms with Crippen molar-refractivity contribution >= 4 is 17.4 Å². The zero-order valence-electron chi connectivity index (χ0n) is 16.1. The maximum atomic E-state index is 5.60. The van der Waals surface area contributed by atoms with Gasteiger partial charge in [0.15, 0.2) is 5.82 Å². The van der Waals surface area contributed by atoms with Crippen molar-refractivity contribution in [1.82, 2.24) is 25.4 Å². The fraction of sp³-hybridized carbons (Fsp3) is 0.429. The zero-order chi connectivity index (χ0) is 20.8. The molecule has 0 radical (unpaired) electrons. The summed E-state index contributed by atoms with van der Waals surface area (Å²) < 4.78 is 19.4. The Bertz CT molecular complexity index is 633. The number of hydrogen-bond acceptors (Lipinski definition) is 12. The predicted molar refractivity (Wildman–Crippen MR) is 101 cm³/mol. The topological polar surface area (TPSA) is 156 Å². The molecule has 0 saturated heterocycles. The smallest absolute Gasteiger partial charge is 0.321 e. The molecule has 0 unspecified atom stereocenters.